The van der Waals surface area contributed by atoms with Crippen LogP contribution in [0.25, 0.3) is 0 Å². The van der Waals surface area contributed by atoms with Gasteiger partial charge in [0.05, 0.1) is 5.92 Å². The number of carbonyl (C=O) groups is 1. The van der Waals surface area contributed by atoms with E-state index in [-0.39, 0.29) is 35.2 Å². The number of halogens is 2. The van der Waals surface area contributed by atoms with Crippen molar-refractivity contribution in [2.24, 2.45) is 23.2 Å². The summed E-state index contributed by atoms with van der Waals surface area (Å²) in [6, 6.07) is 0. The van der Waals surface area contributed by atoms with Crippen LogP contribution >= 0.6 is 23.2 Å². The molecule has 3 atom stereocenters. The smallest absolute Gasteiger partial charge is 0.310 e. The topological polar surface area (TPSA) is 26.3 Å². The molecule has 0 saturated heterocycles. The highest BCUT2D eigenvalue weighted by atomic mass is 35.5. The van der Waals surface area contributed by atoms with Crippen LogP contribution in [-0.4, -0.2) is 16.9 Å². The molecular weight excluding hydrogens is 271 g/mol. The van der Waals surface area contributed by atoms with Crippen molar-refractivity contribution < 1.29 is 9.53 Å². The molecule has 2 fully saturated rings. The average Bonchev–Trinajstić information content (AvgIpc) is 2.64. The molecule has 0 spiro atoms. The van der Waals surface area contributed by atoms with Crippen LogP contribution in [0.1, 0.15) is 46.5 Å². The van der Waals surface area contributed by atoms with E-state index in [4.69, 9.17) is 27.9 Å². The van der Waals surface area contributed by atoms with Crippen LogP contribution in [0.15, 0.2) is 0 Å². The lowest BCUT2D eigenvalue weighted by atomic mass is 10.0. The fourth-order valence-electron chi connectivity index (χ4n) is 3.51. The molecule has 2 aliphatic rings. The molecule has 0 aromatic carbocycles. The summed E-state index contributed by atoms with van der Waals surface area (Å²) >= 11 is 11.9. The van der Waals surface area contributed by atoms with Gasteiger partial charge in [0.25, 0.3) is 0 Å². The van der Waals surface area contributed by atoms with E-state index in [2.05, 4.69) is 13.8 Å². The number of hydrogen-bond donors (Lipinski definition) is 0. The number of carbonyl (C=O) groups excluding carboxylic acids is 1. The molecule has 2 nitrogen and oxygen atoms in total. The van der Waals surface area contributed by atoms with Crippen molar-refractivity contribution in [3.05, 3.63) is 0 Å². The van der Waals surface area contributed by atoms with Gasteiger partial charge in [-0.15, -0.1) is 23.2 Å². The third-order valence-electron chi connectivity index (χ3n) is 4.71. The maximum Gasteiger partial charge on any atom is 0.310 e. The largest absolute Gasteiger partial charge is 0.462 e. The van der Waals surface area contributed by atoms with Gasteiger partial charge in [-0.2, -0.15) is 0 Å². The first kappa shape index (κ1) is 14.5. The van der Waals surface area contributed by atoms with Crippen molar-refractivity contribution in [1.82, 2.24) is 0 Å². The van der Waals surface area contributed by atoms with E-state index in [1.165, 1.54) is 12.8 Å². The zero-order chi connectivity index (χ0) is 13.5. The molecule has 104 valence electrons. The van der Waals surface area contributed by atoms with Crippen LogP contribution in [-0.2, 0) is 9.53 Å². The highest BCUT2D eigenvalue weighted by Gasteiger charge is 2.65. The minimum atomic E-state index is -0.418. The lowest BCUT2D eigenvalue weighted by Crippen LogP contribution is -2.19. The number of alkyl halides is 2. The molecule has 0 amide bonds. The third-order valence-corrected chi connectivity index (χ3v) is 5.51. The first-order valence-corrected chi connectivity index (χ1v) is 7.71. The van der Waals surface area contributed by atoms with Crippen molar-refractivity contribution >= 4 is 29.2 Å². The molecule has 0 heterocycles. The second-order valence-electron chi connectivity index (χ2n) is 6.36. The van der Waals surface area contributed by atoms with Crippen molar-refractivity contribution in [3.8, 4) is 0 Å². The Bertz CT molecular complexity index is 322. The molecule has 0 N–H and O–H groups in total. The Balaban J connectivity index is 1.94. The summed E-state index contributed by atoms with van der Waals surface area (Å²) in [7, 11) is 0. The zero-order valence-corrected chi connectivity index (χ0v) is 12.8. The Morgan fingerprint density at radius 2 is 1.83 bits per heavy atom. The Hall–Kier alpha value is 0.0500. The molecule has 2 aliphatic carbocycles. The van der Waals surface area contributed by atoms with E-state index in [9.17, 15) is 4.79 Å². The molecule has 0 aliphatic heterocycles. The van der Waals surface area contributed by atoms with Gasteiger partial charge in [-0.3, -0.25) is 4.79 Å². The standard InChI is InChI=1S/C14H22Cl2O2/c1-8(12(15)16)10-11(14(10,2)3)13(17)18-9-6-4-5-7-9/h8-12H,4-7H2,1-3H3/t8?,10-,11+/m1/s1. The van der Waals surface area contributed by atoms with Crippen molar-refractivity contribution in [2.45, 2.75) is 57.4 Å². The molecule has 1 unspecified atom stereocenters. The van der Waals surface area contributed by atoms with Gasteiger partial charge < -0.3 is 4.74 Å². The maximum absolute atomic E-state index is 12.2. The Morgan fingerprint density at radius 3 is 2.33 bits per heavy atom. The maximum atomic E-state index is 12.2. The SMILES string of the molecule is CC(C(Cl)Cl)[C@@H]1[C@@H](C(=O)OC2CCCC2)C1(C)C. The molecular formula is C14H22Cl2O2. The van der Waals surface area contributed by atoms with E-state index >= 15 is 0 Å². The normalized spacial score (nSPS) is 32.6. The summed E-state index contributed by atoms with van der Waals surface area (Å²) in [5.74, 6) is 0.293. The second-order valence-corrected chi connectivity index (χ2v) is 7.53. The molecule has 0 aromatic heterocycles. The van der Waals surface area contributed by atoms with Crippen molar-refractivity contribution in [1.29, 1.82) is 0 Å². The summed E-state index contributed by atoms with van der Waals surface area (Å²) in [6.45, 7) is 6.22. The Morgan fingerprint density at radius 1 is 1.28 bits per heavy atom. The Kier molecular flexibility index (Phi) is 4.18. The summed E-state index contributed by atoms with van der Waals surface area (Å²) in [4.78, 5) is 11.8. The average molecular weight is 293 g/mol. The third kappa shape index (κ3) is 2.65. The zero-order valence-electron chi connectivity index (χ0n) is 11.3. The molecule has 0 bridgehead atoms. The van der Waals surface area contributed by atoms with E-state index in [1.807, 2.05) is 6.92 Å². The summed E-state index contributed by atoms with van der Waals surface area (Å²) < 4.78 is 5.61. The van der Waals surface area contributed by atoms with Crippen LogP contribution in [0.4, 0.5) is 0 Å². The van der Waals surface area contributed by atoms with Crippen molar-refractivity contribution in [2.75, 3.05) is 0 Å². The predicted octanol–water partition coefficient (Wildman–Crippen LogP) is 4.18. The van der Waals surface area contributed by atoms with E-state index in [1.54, 1.807) is 0 Å². The quantitative estimate of drug-likeness (QED) is 0.574. The second kappa shape index (κ2) is 5.20. The Labute approximate surface area is 119 Å². The number of rotatable bonds is 4. The lowest BCUT2D eigenvalue weighted by Gasteiger charge is -2.13. The predicted molar refractivity (Wildman–Crippen MR) is 73.8 cm³/mol. The van der Waals surface area contributed by atoms with Crippen molar-refractivity contribution in [3.63, 3.8) is 0 Å². The summed E-state index contributed by atoms with van der Waals surface area (Å²) in [5.41, 5.74) is -0.0306. The van der Waals surface area contributed by atoms with E-state index in [0.29, 0.717) is 0 Å². The van der Waals surface area contributed by atoms with Crippen LogP contribution in [0.2, 0.25) is 0 Å². The van der Waals surface area contributed by atoms with Gasteiger partial charge in [0.15, 0.2) is 0 Å². The highest BCUT2D eigenvalue weighted by Crippen LogP contribution is 2.63. The molecule has 0 aromatic rings. The number of ether oxygens (including phenoxy) is 1. The van der Waals surface area contributed by atoms with Crippen LogP contribution < -0.4 is 0 Å². The fraction of sp³-hybridized carbons (Fsp3) is 0.929. The molecule has 4 heteroatoms. The van der Waals surface area contributed by atoms with Gasteiger partial charge in [0.2, 0.25) is 0 Å². The minimum absolute atomic E-state index is 0.0306. The van der Waals surface area contributed by atoms with Gasteiger partial charge >= 0.3 is 5.97 Å². The lowest BCUT2D eigenvalue weighted by molar-refractivity contribution is -0.151. The minimum Gasteiger partial charge on any atom is -0.462 e. The van der Waals surface area contributed by atoms with Crippen LogP contribution in [0.5, 0.6) is 0 Å². The number of esters is 1. The fourth-order valence-corrected chi connectivity index (χ4v) is 3.82. The highest BCUT2D eigenvalue weighted by molar-refractivity contribution is 6.44. The van der Waals surface area contributed by atoms with Gasteiger partial charge in [-0.1, -0.05) is 20.8 Å². The molecule has 18 heavy (non-hydrogen) atoms. The first-order valence-electron chi connectivity index (χ1n) is 6.84. The van der Waals surface area contributed by atoms with Gasteiger partial charge in [0.1, 0.15) is 10.9 Å². The van der Waals surface area contributed by atoms with E-state index < -0.39 is 4.84 Å². The first-order chi connectivity index (χ1) is 8.35. The summed E-state index contributed by atoms with van der Waals surface area (Å²) in [5, 5.41) is 0. The van der Waals surface area contributed by atoms with E-state index in [0.717, 1.165) is 12.8 Å². The molecule has 0 radical (unpaired) electrons. The molecule has 2 saturated carbocycles. The van der Waals surface area contributed by atoms with Gasteiger partial charge in [-0.05, 0) is 42.9 Å². The monoisotopic (exact) mass is 292 g/mol. The summed E-state index contributed by atoms with van der Waals surface area (Å²) in [6.07, 6.45) is 4.54. The van der Waals surface area contributed by atoms with Gasteiger partial charge in [0, 0.05) is 0 Å². The molecule has 2 rings (SSSR count). The van der Waals surface area contributed by atoms with Crippen LogP contribution in [0, 0.1) is 23.2 Å². The van der Waals surface area contributed by atoms with Crippen LogP contribution in [0.3, 0.4) is 0 Å². The number of hydrogen-bond acceptors (Lipinski definition) is 2. The van der Waals surface area contributed by atoms with Gasteiger partial charge in [-0.25, -0.2) is 0 Å².